The van der Waals surface area contributed by atoms with Gasteiger partial charge in [0.05, 0.1) is 12.8 Å². The second kappa shape index (κ2) is 8.88. The van der Waals surface area contributed by atoms with Crippen LogP contribution in [0.4, 0.5) is 4.39 Å². The average Bonchev–Trinajstić information content (AvgIpc) is 3.11. The highest BCUT2D eigenvalue weighted by atomic mass is 19.1. The van der Waals surface area contributed by atoms with E-state index < -0.39 is 0 Å². The van der Waals surface area contributed by atoms with E-state index >= 15 is 0 Å². The van der Waals surface area contributed by atoms with E-state index in [1.165, 1.54) is 12.1 Å². The van der Waals surface area contributed by atoms with Crippen molar-refractivity contribution in [1.82, 2.24) is 9.88 Å². The first-order valence-corrected chi connectivity index (χ1v) is 10.3. The van der Waals surface area contributed by atoms with Gasteiger partial charge in [0.2, 0.25) is 5.89 Å². The van der Waals surface area contributed by atoms with E-state index in [9.17, 15) is 4.39 Å². The monoisotopic (exact) mass is 410 g/mol. The number of hydrogen-bond donors (Lipinski definition) is 0. The van der Waals surface area contributed by atoms with Gasteiger partial charge in [0.15, 0.2) is 0 Å². The van der Waals surface area contributed by atoms with Crippen molar-refractivity contribution in [2.24, 2.45) is 0 Å². The number of ether oxygens (including phenoxy) is 2. The lowest BCUT2D eigenvalue weighted by atomic mass is 10.1. The van der Waals surface area contributed by atoms with Crippen molar-refractivity contribution in [3.8, 4) is 23.0 Å². The van der Waals surface area contributed by atoms with E-state index in [1.807, 2.05) is 32.0 Å². The molecule has 0 unspecified atom stereocenters. The summed E-state index contributed by atoms with van der Waals surface area (Å²) in [6.07, 6.45) is 2.01. The van der Waals surface area contributed by atoms with E-state index in [4.69, 9.17) is 18.9 Å². The third-order valence-corrected chi connectivity index (χ3v) is 5.56. The molecule has 0 radical (unpaired) electrons. The number of rotatable bonds is 6. The normalized spacial score (nSPS) is 15.3. The molecule has 2 heterocycles. The molecule has 30 heavy (non-hydrogen) atoms. The van der Waals surface area contributed by atoms with Gasteiger partial charge in [-0.25, -0.2) is 9.37 Å². The molecule has 0 N–H and O–H groups in total. The van der Waals surface area contributed by atoms with Crippen LogP contribution in [0.25, 0.3) is 11.5 Å². The zero-order valence-corrected chi connectivity index (χ0v) is 17.7. The zero-order valence-electron chi connectivity index (χ0n) is 17.7. The number of hydrogen-bond acceptors (Lipinski definition) is 5. The summed E-state index contributed by atoms with van der Waals surface area (Å²) in [4.78, 5) is 7.12. The molecule has 2 aromatic carbocycles. The Balaban J connectivity index is 1.35. The van der Waals surface area contributed by atoms with Gasteiger partial charge in [0, 0.05) is 25.2 Å². The first kappa shape index (κ1) is 20.4. The first-order valence-electron chi connectivity index (χ1n) is 10.3. The highest BCUT2D eigenvalue weighted by Crippen LogP contribution is 2.28. The number of benzene rings is 2. The van der Waals surface area contributed by atoms with Crippen LogP contribution in [0, 0.1) is 19.7 Å². The van der Waals surface area contributed by atoms with Gasteiger partial charge in [0.1, 0.15) is 29.2 Å². The van der Waals surface area contributed by atoms with Gasteiger partial charge in [-0.3, -0.25) is 4.90 Å². The third kappa shape index (κ3) is 4.65. The first-order chi connectivity index (χ1) is 14.5. The van der Waals surface area contributed by atoms with Gasteiger partial charge in [-0.1, -0.05) is 0 Å². The predicted molar refractivity (Wildman–Crippen MR) is 113 cm³/mol. The summed E-state index contributed by atoms with van der Waals surface area (Å²) in [5.41, 5.74) is 2.97. The maximum absolute atomic E-state index is 13.0. The van der Waals surface area contributed by atoms with Crippen LogP contribution in [0.5, 0.6) is 11.5 Å². The van der Waals surface area contributed by atoms with Crippen molar-refractivity contribution < 1.29 is 18.3 Å². The molecule has 1 aromatic heterocycles. The number of methoxy groups -OCH3 is 1. The van der Waals surface area contributed by atoms with E-state index in [0.717, 1.165) is 66.6 Å². The lowest BCUT2D eigenvalue weighted by Gasteiger charge is -2.31. The number of aromatic nitrogens is 1. The minimum absolute atomic E-state index is 0.156. The van der Waals surface area contributed by atoms with Gasteiger partial charge >= 0.3 is 0 Å². The number of piperidine rings is 1. The molecule has 0 amide bonds. The number of halogens is 1. The summed E-state index contributed by atoms with van der Waals surface area (Å²) >= 11 is 0. The summed E-state index contributed by atoms with van der Waals surface area (Å²) in [6, 6.07) is 12.2. The van der Waals surface area contributed by atoms with Crippen molar-refractivity contribution in [2.75, 3.05) is 20.2 Å². The highest BCUT2D eigenvalue weighted by molar-refractivity contribution is 5.57. The second-order valence-corrected chi connectivity index (χ2v) is 7.75. The smallest absolute Gasteiger partial charge is 0.226 e. The van der Waals surface area contributed by atoms with E-state index in [-0.39, 0.29) is 11.9 Å². The number of likely N-dealkylation sites (tertiary alicyclic amines) is 1. The maximum atomic E-state index is 13.0. The fourth-order valence-corrected chi connectivity index (χ4v) is 3.81. The van der Waals surface area contributed by atoms with Crippen LogP contribution in [0.2, 0.25) is 0 Å². The number of oxazole rings is 1. The van der Waals surface area contributed by atoms with Crippen molar-refractivity contribution in [1.29, 1.82) is 0 Å². The average molecular weight is 410 g/mol. The van der Waals surface area contributed by atoms with Crippen LogP contribution in [0.1, 0.15) is 29.9 Å². The summed E-state index contributed by atoms with van der Waals surface area (Å²) in [5, 5.41) is 0. The molecule has 0 bridgehead atoms. The fourth-order valence-electron chi connectivity index (χ4n) is 3.81. The van der Waals surface area contributed by atoms with Crippen molar-refractivity contribution in [2.45, 2.75) is 39.3 Å². The molecule has 0 spiro atoms. The van der Waals surface area contributed by atoms with Gasteiger partial charge in [-0.15, -0.1) is 0 Å². The molecule has 1 saturated heterocycles. The molecule has 6 heteroatoms. The Hall–Kier alpha value is -2.86. The molecule has 0 aliphatic carbocycles. The highest BCUT2D eigenvalue weighted by Gasteiger charge is 2.23. The molecule has 5 nitrogen and oxygen atoms in total. The Kier molecular flexibility index (Phi) is 6.04. The van der Waals surface area contributed by atoms with E-state index in [0.29, 0.717) is 5.89 Å². The molecule has 0 atom stereocenters. The van der Waals surface area contributed by atoms with Crippen LogP contribution >= 0.6 is 0 Å². The SMILES string of the molecule is COc1ccc(-c2nc(CN3CCC(Oc4ccc(F)cc4)CC3)c(C)o2)cc1C. The van der Waals surface area contributed by atoms with Crippen LogP contribution < -0.4 is 9.47 Å². The van der Waals surface area contributed by atoms with Crippen LogP contribution in [-0.2, 0) is 6.54 Å². The Morgan fingerprint density at radius 2 is 1.83 bits per heavy atom. The lowest BCUT2D eigenvalue weighted by Crippen LogP contribution is -2.38. The largest absolute Gasteiger partial charge is 0.496 e. The minimum Gasteiger partial charge on any atom is -0.496 e. The molecule has 158 valence electrons. The number of aryl methyl sites for hydroxylation is 2. The Labute approximate surface area is 176 Å². The zero-order chi connectivity index (χ0) is 21.1. The minimum atomic E-state index is -0.246. The topological polar surface area (TPSA) is 47.7 Å². The predicted octanol–water partition coefficient (Wildman–Crippen LogP) is 5.15. The quantitative estimate of drug-likeness (QED) is 0.562. The summed E-state index contributed by atoms with van der Waals surface area (Å²) < 4.78 is 30.3. The molecule has 1 aliphatic rings. The standard InChI is InChI=1S/C24H27FN2O3/c1-16-14-18(4-9-23(16)28-3)24-26-22(17(2)29-24)15-27-12-10-21(11-13-27)30-20-7-5-19(25)6-8-20/h4-9,14,21H,10-13,15H2,1-3H3. The molecule has 1 fully saturated rings. The number of nitrogens with zero attached hydrogens (tertiary/aromatic N) is 2. The Morgan fingerprint density at radius 1 is 1.10 bits per heavy atom. The third-order valence-electron chi connectivity index (χ3n) is 5.56. The summed E-state index contributed by atoms with van der Waals surface area (Å²) in [6.45, 7) is 6.59. The van der Waals surface area contributed by atoms with Gasteiger partial charge in [-0.05, 0) is 74.7 Å². The maximum Gasteiger partial charge on any atom is 0.226 e. The van der Waals surface area contributed by atoms with Crippen molar-refractivity contribution >= 4 is 0 Å². The van der Waals surface area contributed by atoms with Gasteiger partial charge < -0.3 is 13.9 Å². The molecule has 1 aliphatic heterocycles. The summed E-state index contributed by atoms with van der Waals surface area (Å²) in [5.74, 6) is 2.82. The van der Waals surface area contributed by atoms with Crippen LogP contribution in [0.3, 0.4) is 0 Å². The van der Waals surface area contributed by atoms with Crippen molar-refractivity contribution in [3.63, 3.8) is 0 Å². The second-order valence-electron chi connectivity index (χ2n) is 7.75. The van der Waals surface area contributed by atoms with Crippen LogP contribution in [0.15, 0.2) is 46.9 Å². The molecule has 0 saturated carbocycles. The molecular weight excluding hydrogens is 383 g/mol. The van der Waals surface area contributed by atoms with Gasteiger partial charge in [0.25, 0.3) is 0 Å². The van der Waals surface area contributed by atoms with Crippen molar-refractivity contribution in [3.05, 3.63) is 65.3 Å². The van der Waals surface area contributed by atoms with E-state index in [2.05, 4.69) is 4.90 Å². The fraction of sp³-hybridized carbons (Fsp3) is 0.375. The summed E-state index contributed by atoms with van der Waals surface area (Å²) in [7, 11) is 1.67. The molecule has 3 aromatic rings. The Bertz CT molecular complexity index is 992. The lowest BCUT2D eigenvalue weighted by molar-refractivity contribution is 0.0959. The molecule has 4 rings (SSSR count). The molecular formula is C24H27FN2O3. The van der Waals surface area contributed by atoms with Crippen LogP contribution in [-0.4, -0.2) is 36.2 Å². The van der Waals surface area contributed by atoms with Gasteiger partial charge in [-0.2, -0.15) is 0 Å². The Morgan fingerprint density at radius 3 is 2.50 bits per heavy atom. The van der Waals surface area contributed by atoms with E-state index in [1.54, 1.807) is 19.2 Å².